The highest BCUT2D eigenvalue weighted by Gasteiger charge is 2.14. The number of halogens is 1. The summed E-state index contributed by atoms with van der Waals surface area (Å²) in [5, 5.41) is 0. The molecule has 106 valence electrons. The maximum Gasteiger partial charge on any atom is 0.119 e. The Morgan fingerprint density at radius 3 is 2.84 bits per heavy atom. The van der Waals surface area contributed by atoms with E-state index in [0.29, 0.717) is 5.92 Å². The van der Waals surface area contributed by atoms with Crippen LogP contribution in [0, 0.1) is 5.92 Å². The van der Waals surface area contributed by atoms with Gasteiger partial charge in [0.1, 0.15) is 5.75 Å². The van der Waals surface area contributed by atoms with E-state index in [1.807, 2.05) is 19.1 Å². The first-order valence-electron chi connectivity index (χ1n) is 6.89. The summed E-state index contributed by atoms with van der Waals surface area (Å²) < 4.78 is 12.4. The van der Waals surface area contributed by atoms with E-state index < -0.39 is 0 Å². The second kappa shape index (κ2) is 7.27. The van der Waals surface area contributed by atoms with Crippen LogP contribution in [0.5, 0.6) is 5.75 Å². The molecule has 1 unspecified atom stereocenters. The minimum absolute atomic E-state index is 0.155. The quantitative estimate of drug-likeness (QED) is 0.903. The van der Waals surface area contributed by atoms with E-state index in [-0.39, 0.29) is 6.04 Å². The van der Waals surface area contributed by atoms with Gasteiger partial charge >= 0.3 is 0 Å². The summed E-state index contributed by atoms with van der Waals surface area (Å²) in [6.45, 7) is 4.53. The van der Waals surface area contributed by atoms with Crippen LogP contribution in [-0.4, -0.2) is 25.9 Å². The van der Waals surface area contributed by atoms with E-state index in [1.54, 1.807) is 0 Å². The third kappa shape index (κ3) is 4.79. The van der Waals surface area contributed by atoms with E-state index in [4.69, 9.17) is 15.2 Å². The number of benzene rings is 1. The summed E-state index contributed by atoms with van der Waals surface area (Å²) in [7, 11) is 0. The average molecular weight is 328 g/mol. The van der Waals surface area contributed by atoms with Crippen LogP contribution >= 0.6 is 15.9 Å². The fourth-order valence-corrected chi connectivity index (χ4v) is 2.68. The van der Waals surface area contributed by atoms with Crippen molar-refractivity contribution in [2.24, 2.45) is 11.7 Å². The smallest absolute Gasteiger partial charge is 0.119 e. The molecule has 1 aliphatic rings. The van der Waals surface area contributed by atoms with Crippen LogP contribution in [0.3, 0.4) is 0 Å². The Bertz CT molecular complexity index is 403. The van der Waals surface area contributed by atoms with E-state index in [9.17, 15) is 0 Å². The van der Waals surface area contributed by atoms with Crippen molar-refractivity contribution in [2.45, 2.75) is 32.2 Å². The molecule has 1 heterocycles. The lowest BCUT2D eigenvalue weighted by molar-refractivity contribution is 0.0497. The van der Waals surface area contributed by atoms with E-state index >= 15 is 0 Å². The Balaban J connectivity index is 1.92. The summed E-state index contributed by atoms with van der Waals surface area (Å²) in [5.41, 5.74) is 7.07. The number of rotatable bonds is 5. The predicted molar refractivity (Wildman–Crippen MR) is 80.5 cm³/mol. The Morgan fingerprint density at radius 2 is 2.16 bits per heavy atom. The van der Waals surface area contributed by atoms with Gasteiger partial charge in [0.15, 0.2) is 0 Å². The van der Waals surface area contributed by atoms with E-state index in [0.717, 1.165) is 49.3 Å². The molecule has 0 bridgehead atoms. The molecule has 2 rings (SSSR count). The fraction of sp³-hybridized carbons (Fsp3) is 0.600. The van der Waals surface area contributed by atoms with Crippen LogP contribution in [0.2, 0.25) is 0 Å². The van der Waals surface area contributed by atoms with Gasteiger partial charge in [0, 0.05) is 23.7 Å². The molecule has 4 heteroatoms. The zero-order valence-electron chi connectivity index (χ0n) is 11.4. The van der Waals surface area contributed by atoms with Crippen LogP contribution in [-0.2, 0) is 11.2 Å². The molecule has 0 radical (unpaired) electrons. The number of hydrogen-bond donors (Lipinski definition) is 1. The Labute approximate surface area is 123 Å². The fourth-order valence-electron chi connectivity index (χ4n) is 2.27. The van der Waals surface area contributed by atoms with Gasteiger partial charge in [-0.05, 0) is 55.9 Å². The van der Waals surface area contributed by atoms with Crippen LogP contribution in [0.1, 0.15) is 25.3 Å². The molecule has 0 spiro atoms. The zero-order chi connectivity index (χ0) is 13.7. The first kappa shape index (κ1) is 14.8. The third-order valence-corrected chi connectivity index (χ3v) is 4.16. The van der Waals surface area contributed by atoms with Gasteiger partial charge in [-0.15, -0.1) is 0 Å². The molecule has 1 atom stereocenters. The second-order valence-electron chi connectivity index (χ2n) is 5.30. The highest BCUT2D eigenvalue weighted by molar-refractivity contribution is 9.10. The first-order valence-corrected chi connectivity index (χ1v) is 7.69. The van der Waals surface area contributed by atoms with Gasteiger partial charge in [-0.2, -0.15) is 0 Å². The molecule has 1 aromatic carbocycles. The Morgan fingerprint density at radius 1 is 1.42 bits per heavy atom. The van der Waals surface area contributed by atoms with E-state index in [1.165, 1.54) is 5.56 Å². The molecule has 1 fully saturated rings. The van der Waals surface area contributed by atoms with Crippen molar-refractivity contribution in [3.8, 4) is 5.75 Å². The van der Waals surface area contributed by atoms with Gasteiger partial charge in [-0.1, -0.05) is 15.9 Å². The van der Waals surface area contributed by atoms with Crippen molar-refractivity contribution < 1.29 is 9.47 Å². The lowest BCUT2D eigenvalue weighted by atomic mass is 10.0. The zero-order valence-corrected chi connectivity index (χ0v) is 13.0. The molecule has 1 aromatic rings. The van der Waals surface area contributed by atoms with Crippen LogP contribution in [0.25, 0.3) is 0 Å². The van der Waals surface area contributed by atoms with Crippen LogP contribution in [0.15, 0.2) is 22.7 Å². The van der Waals surface area contributed by atoms with Crippen LogP contribution in [0.4, 0.5) is 0 Å². The molecule has 0 aliphatic carbocycles. The maximum atomic E-state index is 5.91. The molecule has 2 N–H and O–H groups in total. The monoisotopic (exact) mass is 327 g/mol. The maximum absolute atomic E-state index is 5.91. The molecule has 1 aliphatic heterocycles. The van der Waals surface area contributed by atoms with Gasteiger partial charge in [0.05, 0.1) is 6.61 Å². The van der Waals surface area contributed by atoms with E-state index in [2.05, 4.69) is 22.0 Å². The lowest BCUT2D eigenvalue weighted by Crippen LogP contribution is -2.21. The van der Waals surface area contributed by atoms with Crippen molar-refractivity contribution in [2.75, 3.05) is 19.8 Å². The summed E-state index contributed by atoms with van der Waals surface area (Å²) >= 11 is 3.56. The summed E-state index contributed by atoms with van der Waals surface area (Å²) in [6.07, 6.45) is 3.06. The second-order valence-corrected chi connectivity index (χ2v) is 6.16. The van der Waals surface area contributed by atoms with Crippen molar-refractivity contribution in [3.63, 3.8) is 0 Å². The molecule has 19 heavy (non-hydrogen) atoms. The standard InChI is InChI=1S/C15H22BrNO2/c1-11(17)8-13-9-14(2-3-15(13)16)19-10-12-4-6-18-7-5-12/h2-3,9,11-12H,4-8,10,17H2,1H3. The first-order chi connectivity index (χ1) is 9.15. The van der Waals surface area contributed by atoms with Crippen molar-refractivity contribution in [1.29, 1.82) is 0 Å². The van der Waals surface area contributed by atoms with Crippen molar-refractivity contribution in [3.05, 3.63) is 28.2 Å². The molecule has 1 saturated heterocycles. The molecule has 0 aromatic heterocycles. The number of nitrogens with two attached hydrogens (primary N) is 1. The SMILES string of the molecule is CC(N)Cc1cc(OCC2CCOCC2)ccc1Br. The molecule has 0 saturated carbocycles. The minimum atomic E-state index is 0.155. The number of hydrogen-bond acceptors (Lipinski definition) is 3. The molecular formula is C15H22BrNO2. The highest BCUT2D eigenvalue weighted by Crippen LogP contribution is 2.25. The van der Waals surface area contributed by atoms with Crippen molar-refractivity contribution in [1.82, 2.24) is 0 Å². The highest BCUT2D eigenvalue weighted by atomic mass is 79.9. The van der Waals surface area contributed by atoms with Gasteiger partial charge in [0.2, 0.25) is 0 Å². The minimum Gasteiger partial charge on any atom is -0.493 e. The summed E-state index contributed by atoms with van der Waals surface area (Å²) in [4.78, 5) is 0. The largest absolute Gasteiger partial charge is 0.493 e. The third-order valence-electron chi connectivity index (χ3n) is 3.39. The van der Waals surface area contributed by atoms with Gasteiger partial charge < -0.3 is 15.2 Å². The van der Waals surface area contributed by atoms with Crippen molar-refractivity contribution >= 4 is 15.9 Å². The van der Waals surface area contributed by atoms with Gasteiger partial charge in [0.25, 0.3) is 0 Å². The normalized spacial score (nSPS) is 18.3. The molecule has 3 nitrogen and oxygen atoms in total. The topological polar surface area (TPSA) is 44.5 Å². The summed E-state index contributed by atoms with van der Waals surface area (Å²) in [5.74, 6) is 1.56. The Hall–Kier alpha value is -0.580. The van der Waals surface area contributed by atoms with Gasteiger partial charge in [-0.25, -0.2) is 0 Å². The number of ether oxygens (including phenoxy) is 2. The predicted octanol–water partition coefficient (Wildman–Crippen LogP) is 3.14. The summed E-state index contributed by atoms with van der Waals surface area (Å²) in [6, 6.07) is 6.29. The van der Waals surface area contributed by atoms with Gasteiger partial charge in [-0.3, -0.25) is 0 Å². The lowest BCUT2D eigenvalue weighted by Gasteiger charge is -2.22. The average Bonchev–Trinajstić information content (AvgIpc) is 2.40. The molecular weight excluding hydrogens is 306 g/mol. The molecule has 0 amide bonds. The Kier molecular flexibility index (Phi) is 5.67. The van der Waals surface area contributed by atoms with Crippen LogP contribution < -0.4 is 10.5 Å².